The fourth-order valence-corrected chi connectivity index (χ4v) is 2.63. The van der Waals surface area contributed by atoms with Gasteiger partial charge in [-0.15, -0.1) is 0 Å². The van der Waals surface area contributed by atoms with Crippen molar-refractivity contribution in [3.63, 3.8) is 0 Å². The van der Waals surface area contributed by atoms with Crippen molar-refractivity contribution in [2.45, 2.75) is 13.5 Å². The van der Waals surface area contributed by atoms with Crippen molar-refractivity contribution in [2.24, 2.45) is 0 Å². The molecule has 5 nitrogen and oxygen atoms in total. The van der Waals surface area contributed by atoms with Crippen LogP contribution in [0.1, 0.15) is 5.69 Å². The standard InChI is InChI=1S/C20H18FN3O2/c1-14-12-18(25)24(20(22-14)15-8-10-16(21)11-9-15)13-19(26)23(2)17-6-4-3-5-7-17/h3-12H,13H2,1-2H3. The summed E-state index contributed by atoms with van der Waals surface area (Å²) in [4.78, 5) is 31.0. The zero-order valence-corrected chi connectivity index (χ0v) is 14.5. The molecule has 0 atom stereocenters. The summed E-state index contributed by atoms with van der Waals surface area (Å²) in [7, 11) is 1.65. The first-order valence-corrected chi connectivity index (χ1v) is 8.12. The Balaban J connectivity index is 1.98. The average molecular weight is 351 g/mol. The van der Waals surface area contributed by atoms with Gasteiger partial charge in [0.05, 0.1) is 0 Å². The van der Waals surface area contributed by atoms with Gasteiger partial charge in [0.1, 0.15) is 18.2 Å². The van der Waals surface area contributed by atoms with Crippen LogP contribution in [0.5, 0.6) is 0 Å². The summed E-state index contributed by atoms with van der Waals surface area (Å²) in [6, 6.07) is 16.2. The molecular weight excluding hydrogens is 333 g/mol. The van der Waals surface area contributed by atoms with Gasteiger partial charge in [0, 0.05) is 30.1 Å². The Labute approximate surface area is 150 Å². The quantitative estimate of drug-likeness (QED) is 0.726. The van der Waals surface area contributed by atoms with Crippen LogP contribution in [0.2, 0.25) is 0 Å². The SMILES string of the molecule is Cc1cc(=O)n(CC(=O)N(C)c2ccccc2)c(-c2ccc(F)cc2)n1. The molecule has 6 heteroatoms. The van der Waals surface area contributed by atoms with Crippen LogP contribution in [0.4, 0.5) is 10.1 Å². The summed E-state index contributed by atoms with van der Waals surface area (Å²) in [5, 5.41) is 0. The number of anilines is 1. The summed E-state index contributed by atoms with van der Waals surface area (Å²) >= 11 is 0. The third kappa shape index (κ3) is 3.69. The molecule has 1 amide bonds. The van der Waals surface area contributed by atoms with Crippen molar-refractivity contribution >= 4 is 11.6 Å². The van der Waals surface area contributed by atoms with E-state index in [0.717, 1.165) is 5.69 Å². The van der Waals surface area contributed by atoms with Crippen molar-refractivity contribution in [1.29, 1.82) is 0 Å². The Morgan fingerprint density at radius 3 is 2.42 bits per heavy atom. The fraction of sp³-hybridized carbons (Fsp3) is 0.150. The first-order chi connectivity index (χ1) is 12.5. The van der Waals surface area contributed by atoms with E-state index in [2.05, 4.69) is 4.98 Å². The van der Waals surface area contributed by atoms with E-state index < -0.39 is 0 Å². The number of amides is 1. The van der Waals surface area contributed by atoms with E-state index >= 15 is 0 Å². The molecule has 0 fully saturated rings. The molecule has 0 bridgehead atoms. The van der Waals surface area contributed by atoms with Crippen LogP contribution >= 0.6 is 0 Å². The number of likely N-dealkylation sites (N-methyl/N-ethyl adjacent to an activating group) is 1. The van der Waals surface area contributed by atoms with Gasteiger partial charge in [0.15, 0.2) is 0 Å². The number of nitrogens with zero attached hydrogens (tertiary/aromatic N) is 3. The first-order valence-electron chi connectivity index (χ1n) is 8.12. The number of halogens is 1. The molecule has 0 aliphatic carbocycles. The van der Waals surface area contributed by atoms with Gasteiger partial charge < -0.3 is 4.90 Å². The van der Waals surface area contributed by atoms with Crippen LogP contribution in [-0.4, -0.2) is 22.5 Å². The maximum Gasteiger partial charge on any atom is 0.254 e. The second-order valence-electron chi connectivity index (χ2n) is 5.94. The number of rotatable bonds is 4. The minimum atomic E-state index is -0.379. The molecule has 0 N–H and O–H groups in total. The van der Waals surface area contributed by atoms with E-state index in [0.29, 0.717) is 17.1 Å². The summed E-state index contributed by atoms with van der Waals surface area (Å²) in [6.45, 7) is 1.54. The average Bonchev–Trinajstić information content (AvgIpc) is 2.64. The van der Waals surface area contributed by atoms with Gasteiger partial charge in [-0.3, -0.25) is 14.2 Å². The lowest BCUT2D eigenvalue weighted by Crippen LogP contribution is -2.35. The van der Waals surface area contributed by atoms with Crippen LogP contribution in [0.15, 0.2) is 65.5 Å². The minimum Gasteiger partial charge on any atom is -0.314 e. The Kier molecular flexibility index (Phi) is 4.93. The van der Waals surface area contributed by atoms with Gasteiger partial charge >= 0.3 is 0 Å². The second-order valence-corrected chi connectivity index (χ2v) is 5.94. The van der Waals surface area contributed by atoms with E-state index in [1.165, 1.54) is 27.7 Å². The molecule has 0 radical (unpaired) electrons. The maximum atomic E-state index is 13.2. The Hall–Kier alpha value is -3.28. The molecule has 3 aromatic rings. The predicted octanol–water partition coefficient (Wildman–Crippen LogP) is 3.02. The van der Waals surface area contributed by atoms with Crippen LogP contribution in [0.25, 0.3) is 11.4 Å². The Morgan fingerprint density at radius 1 is 1.12 bits per heavy atom. The van der Waals surface area contributed by atoms with E-state index in [9.17, 15) is 14.0 Å². The van der Waals surface area contributed by atoms with Gasteiger partial charge in [-0.25, -0.2) is 9.37 Å². The number of hydrogen-bond donors (Lipinski definition) is 0. The van der Waals surface area contributed by atoms with Crippen LogP contribution in [-0.2, 0) is 11.3 Å². The highest BCUT2D eigenvalue weighted by molar-refractivity contribution is 5.92. The summed E-state index contributed by atoms with van der Waals surface area (Å²) < 4.78 is 14.5. The zero-order valence-electron chi connectivity index (χ0n) is 14.5. The molecule has 3 rings (SSSR count). The largest absolute Gasteiger partial charge is 0.314 e. The van der Waals surface area contributed by atoms with Gasteiger partial charge in [0.25, 0.3) is 5.56 Å². The lowest BCUT2D eigenvalue weighted by molar-refractivity contribution is -0.118. The molecule has 0 saturated heterocycles. The normalized spacial score (nSPS) is 10.6. The molecule has 1 aromatic heterocycles. The summed E-state index contributed by atoms with van der Waals surface area (Å²) in [6.07, 6.45) is 0. The van der Waals surface area contributed by atoms with Crippen LogP contribution in [0, 0.1) is 12.7 Å². The minimum absolute atomic E-state index is 0.162. The van der Waals surface area contributed by atoms with Gasteiger partial charge in [-0.2, -0.15) is 0 Å². The topological polar surface area (TPSA) is 55.2 Å². The van der Waals surface area contributed by atoms with Gasteiger partial charge in [-0.1, -0.05) is 18.2 Å². The van der Waals surface area contributed by atoms with Crippen LogP contribution in [0.3, 0.4) is 0 Å². The highest BCUT2D eigenvalue weighted by atomic mass is 19.1. The van der Waals surface area contributed by atoms with Crippen molar-refractivity contribution in [3.05, 3.63) is 82.5 Å². The smallest absolute Gasteiger partial charge is 0.254 e. The molecule has 0 saturated carbocycles. The first kappa shape index (κ1) is 17.5. The summed E-state index contributed by atoms with van der Waals surface area (Å²) in [5.74, 6) is -0.299. The van der Waals surface area contributed by atoms with E-state index in [1.807, 2.05) is 30.3 Å². The third-order valence-corrected chi connectivity index (χ3v) is 4.05. The highest BCUT2D eigenvalue weighted by Crippen LogP contribution is 2.18. The molecule has 1 heterocycles. The predicted molar refractivity (Wildman–Crippen MR) is 98.5 cm³/mol. The molecule has 0 unspecified atom stereocenters. The van der Waals surface area contributed by atoms with E-state index in [1.54, 1.807) is 26.1 Å². The van der Waals surface area contributed by atoms with Crippen molar-refractivity contribution in [3.8, 4) is 11.4 Å². The molecule has 26 heavy (non-hydrogen) atoms. The lowest BCUT2D eigenvalue weighted by atomic mass is 10.2. The molecule has 2 aromatic carbocycles. The van der Waals surface area contributed by atoms with Crippen molar-refractivity contribution in [2.75, 3.05) is 11.9 Å². The Morgan fingerprint density at radius 2 is 1.77 bits per heavy atom. The maximum absolute atomic E-state index is 13.2. The zero-order chi connectivity index (χ0) is 18.7. The molecule has 0 aliphatic heterocycles. The summed E-state index contributed by atoms with van der Waals surface area (Å²) in [5.41, 5.74) is 1.51. The number of aryl methyl sites for hydroxylation is 1. The number of hydrogen-bond acceptors (Lipinski definition) is 3. The van der Waals surface area contributed by atoms with Crippen LogP contribution < -0.4 is 10.5 Å². The van der Waals surface area contributed by atoms with E-state index in [-0.39, 0.29) is 23.8 Å². The number of carbonyl (C=O) groups is 1. The molecular formula is C20H18FN3O2. The van der Waals surface area contributed by atoms with Gasteiger partial charge in [0.2, 0.25) is 5.91 Å². The van der Waals surface area contributed by atoms with Crippen molar-refractivity contribution in [1.82, 2.24) is 9.55 Å². The molecule has 0 aliphatic rings. The van der Waals surface area contributed by atoms with Crippen molar-refractivity contribution < 1.29 is 9.18 Å². The molecule has 0 spiro atoms. The monoisotopic (exact) mass is 351 g/mol. The number of aromatic nitrogens is 2. The van der Waals surface area contributed by atoms with Gasteiger partial charge in [-0.05, 0) is 43.3 Å². The molecule has 132 valence electrons. The number of benzene rings is 2. The number of carbonyl (C=O) groups excluding carboxylic acids is 1. The Bertz CT molecular complexity index is 982. The second kappa shape index (κ2) is 7.31. The fourth-order valence-electron chi connectivity index (χ4n) is 2.63. The highest BCUT2D eigenvalue weighted by Gasteiger charge is 2.16. The lowest BCUT2D eigenvalue weighted by Gasteiger charge is -2.19. The number of para-hydroxylation sites is 1. The third-order valence-electron chi connectivity index (χ3n) is 4.05. The van der Waals surface area contributed by atoms with E-state index in [4.69, 9.17) is 0 Å².